The van der Waals surface area contributed by atoms with Crippen molar-refractivity contribution in [2.24, 2.45) is 0 Å². The molecule has 0 atom stereocenters. The van der Waals surface area contributed by atoms with E-state index in [0.29, 0.717) is 28.4 Å². The van der Waals surface area contributed by atoms with E-state index in [1.165, 1.54) is 16.7 Å². The van der Waals surface area contributed by atoms with Gasteiger partial charge in [-0.25, -0.2) is 9.78 Å². The van der Waals surface area contributed by atoms with Gasteiger partial charge >= 0.3 is 5.97 Å². The Morgan fingerprint density at radius 3 is 2.78 bits per heavy atom. The van der Waals surface area contributed by atoms with Crippen LogP contribution in [0.4, 0.5) is 5.82 Å². The van der Waals surface area contributed by atoms with Gasteiger partial charge in [0, 0.05) is 25.2 Å². The fourth-order valence-corrected chi connectivity index (χ4v) is 3.08. The lowest BCUT2D eigenvalue weighted by Gasteiger charge is -2.12. The highest BCUT2D eigenvalue weighted by Crippen LogP contribution is 2.23. The van der Waals surface area contributed by atoms with Crippen LogP contribution in [-0.2, 0) is 9.53 Å². The Morgan fingerprint density at radius 2 is 2.04 bits per heavy atom. The third-order valence-corrected chi connectivity index (χ3v) is 4.57. The Morgan fingerprint density at radius 1 is 1.26 bits per heavy atom. The standard InChI is InChI=1S/C19H20N4O3S/c1-23(2)17(24)13-27-16-8-4-3-7-15(16)19(25)26-11-10-22-18-14(12-20)6-5-9-21-18/h3-9H,10-11,13H2,1-2H3,(H,21,22). The molecule has 1 aromatic carbocycles. The Balaban J connectivity index is 1.89. The molecule has 0 bridgehead atoms. The number of benzene rings is 1. The van der Waals surface area contributed by atoms with Crippen molar-refractivity contribution < 1.29 is 14.3 Å². The number of nitrogens with one attached hydrogen (secondary N) is 1. The van der Waals surface area contributed by atoms with E-state index in [9.17, 15) is 9.59 Å². The molecule has 0 radical (unpaired) electrons. The zero-order valence-electron chi connectivity index (χ0n) is 15.1. The van der Waals surface area contributed by atoms with Crippen LogP contribution in [0.3, 0.4) is 0 Å². The summed E-state index contributed by atoms with van der Waals surface area (Å²) in [4.78, 5) is 30.4. The summed E-state index contributed by atoms with van der Waals surface area (Å²) in [6.07, 6.45) is 1.58. The first-order valence-electron chi connectivity index (χ1n) is 8.21. The second-order valence-corrected chi connectivity index (χ2v) is 6.66. The van der Waals surface area contributed by atoms with Gasteiger partial charge in [-0.05, 0) is 24.3 Å². The molecule has 0 saturated heterocycles. The minimum atomic E-state index is -0.460. The Kier molecular flexibility index (Phi) is 7.64. The van der Waals surface area contributed by atoms with Gasteiger partial charge in [0.15, 0.2) is 0 Å². The van der Waals surface area contributed by atoms with Gasteiger partial charge < -0.3 is 15.0 Å². The minimum absolute atomic E-state index is 0.0315. The number of nitriles is 1. The maximum absolute atomic E-state index is 12.4. The molecule has 1 heterocycles. The second kappa shape index (κ2) is 10.2. The Hall–Kier alpha value is -3.05. The first-order valence-corrected chi connectivity index (χ1v) is 9.19. The summed E-state index contributed by atoms with van der Waals surface area (Å²) in [7, 11) is 3.38. The number of nitrogens with zero attached hydrogens (tertiary/aromatic N) is 3. The molecule has 8 heteroatoms. The van der Waals surface area contributed by atoms with Crippen LogP contribution in [0.5, 0.6) is 0 Å². The van der Waals surface area contributed by atoms with E-state index in [-0.39, 0.29) is 18.3 Å². The first kappa shape index (κ1) is 20.3. The van der Waals surface area contributed by atoms with E-state index >= 15 is 0 Å². The van der Waals surface area contributed by atoms with Crippen LogP contribution in [0.25, 0.3) is 0 Å². The van der Waals surface area contributed by atoms with Crippen molar-refractivity contribution in [2.45, 2.75) is 4.90 Å². The van der Waals surface area contributed by atoms with Crippen LogP contribution >= 0.6 is 11.8 Å². The molecule has 0 aliphatic carbocycles. The van der Waals surface area contributed by atoms with Gasteiger partial charge in [-0.15, -0.1) is 11.8 Å². The lowest BCUT2D eigenvalue weighted by atomic mass is 10.2. The molecule has 0 unspecified atom stereocenters. The molecule has 0 aliphatic heterocycles. The lowest BCUT2D eigenvalue weighted by molar-refractivity contribution is -0.125. The van der Waals surface area contributed by atoms with Gasteiger partial charge in [-0.1, -0.05) is 12.1 Å². The summed E-state index contributed by atoms with van der Waals surface area (Å²) in [5.74, 6) is 0.207. The highest BCUT2D eigenvalue weighted by Gasteiger charge is 2.14. The molecule has 0 saturated carbocycles. The summed E-state index contributed by atoms with van der Waals surface area (Å²) in [6.45, 7) is 0.446. The molecule has 2 aromatic rings. The maximum Gasteiger partial charge on any atom is 0.339 e. The number of esters is 1. The maximum atomic E-state index is 12.4. The number of anilines is 1. The fourth-order valence-electron chi connectivity index (χ4n) is 2.06. The quantitative estimate of drug-likeness (QED) is 0.424. The molecule has 2 rings (SSSR count). The number of carbonyl (C=O) groups is 2. The van der Waals surface area contributed by atoms with Crippen LogP contribution < -0.4 is 5.32 Å². The number of rotatable bonds is 8. The van der Waals surface area contributed by atoms with E-state index < -0.39 is 5.97 Å². The number of carbonyl (C=O) groups excluding carboxylic acids is 2. The van der Waals surface area contributed by atoms with E-state index in [2.05, 4.69) is 10.3 Å². The van der Waals surface area contributed by atoms with Crippen LogP contribution in [-0.4, -0.2) is 54.8 Å². The summed E-state index contributed by atoms with van der Waals surface area (Å²) < 4.78 is 5.30. The van der Waals surface area contributed by atoms with Crippen molar-refractivity contribution in [1.82, 2.24) is 9.88 Å². The highest BCUT2D eigenvalue weighted by molar-refractivity contribution is 8.00. The summed E-state index contributed by atoms with van der Waals surface area (Å²) >= 11 is 1.30. The van der Waals surface area contributed by atoms with Crippen molar-refractivity contribution in [3.63, 3.8) is 0 Å². The van der Waals surface area contributed by atoms with E-state index in [1.54, 1.807) is 50.6 Å². The van der Waals surface area contributed by atoms with E-state index in [4.69, 9.17) is 10.00 Å². The molecule has 27 heavy (non-hydrogen) atoms. The van der Waals surface area contributed by atoms with Crippen LogP contribution in [0.1, 0.15) is 15.9 Å². The zero-order chi connectivity index (χ0) is 19.6. The smallest absolute Gasteiger partial charge is 0.339 e. The number of hydrogen-bond acceptors (Lipinski definition) is 7. The van der Waals surface area contributed by atoms with E-state index in [1.807, 2.05) is 12.1 Å². The zero-order valence-corrected chi connectivity index (χ0v) is 16.0. The molecular weight excluding hydrogens is 364 g/mol. The molecular formula is C19H20N4O3S. The first-order chi connectivity index (χ1) is 13.0. The number of aromatic nitrogens is 1. The molecule has 0 spiro atoms. The number of pyridine rings is 1. The molecule has 1 N–H and O–H groups in total. The molecule has 1 amide bonds. The fraction of sp³-hybridized carbons (Fsp3) is 0.263. The molecule has 7 nitrogen and oxygen atoms in total. The van der Waals surface area contributed by atoms with E-state index in [0.717, 1.165) is 0 Å². The van der Waals surface area contributed by atoms with Crippen molar-refractivity contribution in [2.75, 3.05) is 38.3 Å². The minimum Gasteiger partial charge on any atom is -0.460 e. The Bertz CT molecular complexity index is 849. The molecule has 0 aliphatic rings. The van der Waals surface area contributed by atoms with Crippen molar-refractivity contribution in [1.29, 1.82) is 5.26 Å². The number of hydrogen-bond donors (Lipinski definition) is 1. The summed E-state index contributed by atoms with van der Waals surface area (Å²) in [5.41, 5.74) is 0.848. The van der Waals surface area contributed by atoms with Gasteiger partial charge in [0.25, 0.3) is 0 Å². The van der Waals surface area contributed by atoms with Crippen LogP contribution in [0.2, 0.25) is 0 Å². The van der Waals surface area contributed by atoms with Gasteiger partial charge in [-0.3, -0.25) is 4.79 Å². The van der Waals surface area contributed by atoms with Crippen molar-refractivity contribution in [3.8, 4) is 6.07 Å². The predicted octanol–water partition coefficient (Wildman–Crippen LogP) is 2.40. The highest BCUT2D eigenvalue weighted by atomic mass is 32.2. The molecule has 0 fully saturated rings. The largest absolute Gasteiger partial charge is 0.460 e. The van der Waals surface area contributed by atoms with Gasteiger partial charge in [0.2, 0.25) is 5.91 Å². The van der Waals surface area contributed by atoms with Gasteiger partial charge in [-0.2, -0.15) is 5.26 Å². The van der Waals surface area contributed by atoms with Crippen molar-refractivity contribution >= 4 is 29.5 Å². The normalized spacial score (nSPS) is 9.96. The number of amides is 1. The van der Waals surface area contributed by atoms with Gasteiger partial charge in [0.05, 0.1) is 23.4 Å². The summed E-state index contributed by atoms with van der Waals surface area (Å²) in [6, 6.07) is 12.4. The SMILES string of the molecule is CN(C)C(=O)CSc1ccccc1C(=O)OCCNc1ncccc1C#N. The molecule has 140 valence electrons. The topological polar surface area (TPSA) is 95.3 Å². The van der Waals surface area contributed by atoms with Crippen LogP contribution in [0.15, 0.2) is 47.5 Å². The second-order valence-electron chi connectivity index (χ2n) is 5.65. The van der Waals surface area contributed by atoms with Crippen molar-refractivity contribution in [3.05, 3.63) is 53.7 Å². The monoisotopic (exact) mass is 384 g/mol. The predicted molar refractivity (Wildman–Crippen MR) is 104 cm³/mol. The summed E-state index contributed by atoms with van der Waals surface area (Å²) in [5, 5.41) is 12.0. The number of thioether (sulfide) groups is 1. The average molecular weight is 384 g/mol. The lowest BCUT2D eigenvalue weighted by Crippen LogP contribution is -2.23. The van der Waals surface area contributed by atoms with Crippen LogP contribution in [0, 0.1) is 11.3 Å². The van der Waals surface area contributed by atoms with Gasteiger partial charge in [0.1, 0.15) is 18.5 Å². The molecule has 1 aromatic heterocycles. The average Bonchev–Trinajstić information content (AvgIpc) is 2.69. The third kappa shape index (κ3) is 6.01. The Labute approximate surface area is 162 Å². The number of ether oxygens (including phenoxy) is 1. The third-order valence-electron chi connectivity index (χ3n) is 3.51.